The lowest BCUT2D eigenvalue weighted by molar-refractivity contribution is 0.413. The molecule has 1 heterocycles. The van der Waals surface area contributed by atoms with E-state index in [9.17, 15) is 0 Å². The Bertz CT molecular complexity index is 1140. The highest BCUT2D eigenvalue weighted by Crippen LogP contribution is 2.34. The molecule has 29 heavy (non-hydrogen) atoms. The number of benzene rings is 3. The molecule has 0 saturated carbocycles. The quantitative estimate of drug-likeness (QED) is 0.354. The van der Waals surface area contributed by atoms with Crippen LogP contribution in [0.15, 0.2) is 84.1 Å². The van der Waals surface area contributed by atoms with Crippen LogP contribution >= 0.6 is 23.5 Å². The second kappa shape index (κ2) is 8.64. The first kappa shape index (κ1) is 19.4. The maximum atomic E-state index is 6.18. The van der Waals surface area contributed by atoms with E-state index < -0.39 is 0 Å². The van der Waals surface area contributed by atoms with Crippen LogP contribution in [-0.2, 0) is 0 Å². The van der Waals surface area contributed by atoms with E-state index in [-0.39, 0.29) is 0 Å². The van der Waals surface area contributed by atoms with E-state index in [0.29, 0.717) is 0 Å². The van der Waals surface area contributed by atoms with Crippen LogP contribution in [-0.4, -0.2) is 16.7 Å². The monoisotopic (exact) mass is 421 g/mol. The number of methoxy groups -OCH3 is 1. The second-order valence-electron chi connectivity index (χ2n) is 6.52. The number of hydrogen-bond donors (Lipinski definition) is 1. The third-order valence-electron chi connectivity index (χ3n) is 4.47. The van der Waals surface area contributed by atoms with Gasteiger partial charge in [0.2, 0.25) is 0 Å². The Morgan fingerprint density at radius 2 is 1.90 bits per heavy atom. The number of aromatic nitrogens is 2. The number of nitrogens with zero attached hydrogens (tertiary/aromatic N) is 2. The smallest absolute Gasteiger partial charge is 0.144 e. The first-order chi connectivity index (χ1) is 14.1. The molecule has 1 aromatic heterocycles. The molecule has 3 aromatic carbocycles. The fourth-order valence-corrected chi connectivity index (χ4v) is 4.06. The largest absolute Gasteiger partial charge is 0.494 e. The molecule has 0 aliphatic heterocycles. The summed E-state index contributed by atoms with van der Waals surface area (Å²) >= 11 is 7.74. The Kier molecular flexibility index (Phi) is 5.79. The minimum Gasteiger partial charge on any atom is -0.494 e. The molecule has 0 aliphatic carbocycles. The second-order valence-corrected chi connectivity index (χ2v) is 7.80. The number of halogens is 1. The molecule has 0 saturated heterocycles. The summed E-state index contributed by atoms with van der Waals surface area (Å²) in [6.45, 7) is 1.97. The zero-order valence-electron chi connectivity index (χ0n) is 16.1. The first-order valence-corrected chi connectivity index (χ1v) is 10.3. The number of anilines is 1. The predicted octanol–water partition coefficient (Wildman–Crippen LogP) is 6.63. The van der Waals surface area contributed by atoms with Crippen molar-refractivity contribution in [1.29, 1.82) is 0 Å². The number of hydrogen-bond acceptors (Lipinski definition) is 4. The SMILES string of the molecule is COc1cc(NSc2ccccc2-c2cccc(Cl)c2)ccc1-n1cnc(C)c1. The molecule has 0 atom stereocenters. The number of imidazole rings is 1. The van der Waals surface area contributed by atoms with Crippen molar-refractivity contribution in [2.75, 3.05) is 11.8 Å². The molecule has 0 radical (unpaired) electrons. The molecule has 0 spiro atoms. The van der Waals surface area contributed by atoms with Gasteiger partial charge in [-0.2, -0.15) is 0 Å². The molecular weight excluding hydrogens is 402 g/mol. The van der Waals surface area contributed by atoms with E-state index in [0.717, 1.165) is 43.9 Å². The third-order valence-corrected chi connectivity index (χ3v) is 5.62. The van der Waals surface area contributed by atoms with Crippen molar-refractivity contribution < 1.29 is 4.74 Å². The van der Waals surface area contributed by atoms with E-state index >= 15 is 0 Å². The van der Waals surface area contributed by atoms with Crippen LogP contribution in [0.4, 0.5) is 5.69 Å². The number of nitrogens with one attached hydrogen (secondary N) is 1. The van der Waals surface area contributed by atoms with E-state index in [2.05, 4.69) is 27.9 Å². The van der Waals surface area contributed by atoms with Crippen LogP contribution < -0.4 is 9.46 Å². The first-order valence-electron chi connectivity index (χ1n) is 9.11. The van der Waals surface area contributed by atoms with Gasteiger partial charge in [0.1, 0.15) is 5.75 Å². The normalized spacial score (nSPS) is 10.7. The number of ether oxygens (including phenoxy) is 1. The van der Waals surface area contributed by atoms with Gasteiger partial charge in [-0.25, -0.2) is 4.98 Å². The van der Waals surface area contributed by atoms with Gasteiger partial charge in [-0.15, -0.1) is 0 Å². The van der Waals surface area contributed by atoms with Crippen LogP contribution in [0.1, 0.15) is 5.69 Å². The summed E-state index contributed by atoms with van der Waals surface area (Å²) < 4.78 is 11.0. The zero-order valence-corrected chi connectivity index (χ0v) is 17.7. The molecule has 4 aromatic rings. The lowest BCUT2D eigenvalue weighted by Crippen LogP contribution is -1.97. The molecule has 4 nitrogen and oxygen atoms in total. The third kappa shape index (κ3) is 4.42. The van der Waals surface area contributed by atoms with E-state index in [4.69, 9.17) is 16.3 Å². The van der Waals surface area contributed by atoms with Crippen LogP contribution in [0.25, 0.3) is 16.8 Å². The molecule has 0 fully saturated rings. The van der Waals surface area contributed by atoms with Crippen molar-refractivity contribution in [2.24, 2.45) is 0 Å². The number of rotatable bonds is 6. The highest BCUT2D eigenvalue weighted by molar-refractivity contribution is 8.00. The molecule has 0 amide bonds. The maximum absolute atomic E-state index is 6.18. The molecule has 0 bridgehead atoms. The van der Waals surface area contributed by atoms with Gasteiger partial charge in [0.05, 0.1) is 24.8 Å². The highest BCUT2D eigenvalue weighted by atomic mass is 35.5. The van der Waals surface area contributed by atoms with Crippen LogP contribution in [0.3, 0.4) is 0 Å². The molecule has 4 rings (SSSR count). The summed E-state index contributed by atoms with van der Waals surface area (Å²) in [6, 6.07) is 22.2. The van der Waals surface area contributed by atoms with Crippen molar-refractivity contribution >= 4 is 29.2 Å². The van der Waals surface area contributed by atoms with Gasteiger partial charge < -0.3 is 14.0 Å². The van der Waals surface area contributed by atoms with E-state index in [1.165, 1.54) is 0 Å². The fraction of sp³-hybridized carbons (Fsp3) is 0.0870. The summed E-state index contributed by atoms with van der Waals surface area (Å²) in [5.41, 5.74) is 5.08. The minimum atomic E-state index is 0.727. The van der Waals surface area contributed by atoms with Crippen LogP contribution in [0.2, 0.25) is 5.02 Å². The Morgan fingerprint density at radius 1 is 1.03 bits per heavy atom. The summed E-state index contributed by atoms with van der Waals surface area (Å²) in [4.78, 5) is 5.40. The van der Waals surface area contributed by atoms with Gasteiger partial charge in [0.25, 0.3) is 0 Å². The van der Waals surface area contributed by atoms with E-state index in [1.54, 1.807) is 25.4 Å². The predicted molar refractivity (Wildman–Crippen MR) is 121 cm³/mol. The van der Waals surface area contributed by atoms with Gasteiger partial charge in [-0.05, 0) is 60.3 Å². The number of aryl methyl sites for hydroxylation is 1. The standard InChI is InChI=1S/C23H20ClN3OS/c1-16-14-27(15-25-16)21-11-10-19(13-22(21)28-2)26-29-23-9-4-3-8-20(23)17-6-5-7-18(24)12-17/h3-15,26H,1-2H3. The lowest BCUT2D eigenvalue weighted by atomic mass is 10.1. The summed E-state index contributed by atoms with van der Waals surface area (Å²) in [7, 11) is 1.67. The van der Waals surface area contributed by atoms with Gasteiger partial charge in [-0.3, -0.25) is 0 Å². The Morgan fingerprint density at radius 3 is 2.66 bits per heavy atom. The molecule has 0 aliphatic rings. The maximum Gasteiger partial charge on any atom is 0.144 e. The summed E-state index contributed by atoms with van der Waals surface area (Å²) in [6.07, 6.45) is 3.76. The minimum absolute atomic E-state index is 0.727. The van der Waals surface area contributed by atoms with Gasteiger partial charge in [0.15, 0.2) is 0 Å². The average Bonchev–Trinajstić information content (AvgIpc) is 3.18. The average molecular weight is 422 g/mol. The zero-order chi connectivity index (χ0) is 20.2. The highest BCUT2D eigenvalue weighted by Gasteiger charge is 2.09. The fourth-order valence-electron chi connectivity index (χ4n) is 3.07. The van der Waals surface area contributed by atoms with Gasteiger partial charge in [0, 0.05) is 27.9 Å². The molecule has 146 valence electrons. The van der Waals surface area contributed by atoms with E-state index in [1.807, 2.05) is 66.2 Å². The Hall–Kier alpha value is -2.89. The molecule has 0 unspecified atom stereocenters. The lowest BCUT2D eigenvalue weighted by Gasteiger charge is -2.14. The van der Waals surface area contributed by atoms with Crippen molar-refractivity contribution in [2.45, 2.75) is 11.8 Å². The van der Waals surface area contributed by atoms with Crippen LogP contribution in [0, 0.1) is 6.92 Å². The summed E-state index contributed by atoms with van der Waals surface area (Å²) in [5, 5.41) is 0.727. The molecular formula is C23H20ClN3OS. The van der Waals surface area contributed by atoms with Crippen molar-refractivity contribution in [1.82, 2.24) is 9.55 Å². The van der Waals surface area contributed by atoms with Crippen molar-refractivity contribution in [3.8, 4) is 22.6 Å². The Balaban J connectivity index is 1.57. The molecule has 1 N–H and O–H groups in total. The topological polar surface area (TPSA) is 39.1 Å². The van der Waals surface area contributed by atoms with Crippen molar-refractivity contribution in [3.05, 3.63) is 90.0 Å². The van der Waals surface area contributed by atoms with Crippen LogP contribution in [0.5, 0.6) is 5.75 Å². The van der Waals surface area contributed by atoms with Gasteiger partial charge in [-0.1, -0.05) is 41.9 Å². The van der Waals surface area contributed by atoms with Gasteiger partial charge >= 0.3 is 0 Å². The Labute approximate surface area is 179 Å². The summed E-state index contributed by atoms with van der Waals surface area (Å²) in [5.74, 6) is 0.774. The molecule has 6 heteroatoms. The van der Waals surface area contributed by atoms with Crippen molar-refractivity contribution in [3.63, 3.8) is 0 Å².